The molecule has 3 aromatic rings. The molecule has 0 atom stereocenters. The number of ether oxygens (including phenoxy) is 1. The lowest BCUT2D eigenvalue weighted by atomic mass is 10.1. The number of aromatic amines is 1. The summed E-state index contributed by atoms with van der Waals surface area (Å²) >= 11 is 0. The Hall–Kier alpha value is -2.76. The molecule has 0 saturated heterocycles. The normalized spacial score (nSPS) is 10.7. The molecule has 20 heavy (non-hydrogen) atoms. The van der Waals surface area contributed by atoms with Crippen LogP contribution in [0, 0.1) is 0 Å². The van der Waals surface area contributed by atoms with Crippen molar-refractivity contribution in [3.05, 3.63) is 42.2 Å². The average molecular weight is 269 g/mol. The van der Waals surface area contributed by atoms with E-state index in [9.17, 15) is 0 Å². The lowest BCUT2D eigenvalue weighted by Crippen LogP contribution is -2.03. The van der Waals surface area contributed by atoms with Crippen molar-refractivity contribution in [1.82, 2.24) is 15.2 Å². The Morgan fingerprint density at radius 3 is 3.00 bits per heavy atom. The first-order valence-electron chi connectivity index (χ1n) is 6.22. The van der Waals surface area contributed by atoms with E-state index in [-0.39, 0.29) is 0 Å². The lowest BCUT2D eigenvalue weighted by molar-refractivity contribution is 0.415. The maximum absolute atomic E-state index is 5.76. The van der Waals surface area contributed by atoms with Gasteiger partial charge in [0.1, 0.15) is 17.4 Å². The van der Waals surface area contributed by atoms with E-state index in [4.69, 9.17) is 10.5 Å². The quantitative estimate of drug-likeness (QED) is 0.675. The van der Waals surface area contributed by atoms with Gasteiger partial charge in [0.15, 0.2) is 0 Å². The minimum Gasteiger partial charge on any atom is -0.497 e. The number of benzene rings is 1. The van der Waals surface area contributed by atoms with Crippen LogP contribution in [0.15, 0.2) is 36.7 Å². The molecule has 0 unspecified atom stereocenters. The van der Waals surface area contributed by atoms with Crippen molar-refractivity contribution in [3.63, 3.8) is 0 Å². The van der Waals surface area contributed by atoms with E-state index in [2.05, 4.69) is 20.5 Å². The van der Waals surface area contributed by atoms with Gasteiger partial charge in [0.2, 0.25) is 0 Å². The topological polar surface area (TPSA) is 88.8 Å². The van der Waals surface area contributed by atoms with Gasteiger partial charge in [-0.1, -0.05) is 0 Å². The van der Waals surface area contributed by atoms with Crippen molar-refractivity contribution >= 4 is 22.4 Å². The molecule has 0 radical (unpaired) electrons. The molecular formula is C14H15N5O. The number of hydrogen-bond acceptors (Lipinski definition) is 5. The van der Waals surface area contributed by atoms with Crippen LogP contribution in [-0.2, 0) is 6.54 Å². The van der Waals surface area contributed by atoms with Gasteiger partial charge in [0.05, 0.1) is 13.3 Å². The summed E-state index contributed by atoms with van der Waals surface area (Å²) in [6.45, 7) is 0.570. The van der Waals surface area contributed by atoms with Crippen LogP contribution >= 0.6 is 0 Å². The third-order valence-electron chi connectivity index (χ3n) is 3.17. The molecule has 3 rings (SSSR count). The Bertz CT molecular complexity index is 737. The van der Waals surface area contributed by atoms with E-state index in [1.807, 2.05) is 24.3 Å². The Balaban J connectivity index is 1.90. The van der Waals surface area contributed by atoms with Gasteiger partial charge < -0.3 is 15.8 Å². The highest BCUT2D eigenvalue weighted by Crippen LogP contribution is 2.25. The number of methoxy groups -OCH3 is 1. The fraction of sp³-hybridized carbons (Fsp3) is 0.143. The molecule has 0 fully saturated rings. The molecule has 0 bridgehead atoms. The van der Waals surface area contributed by atoms with Crippen LogP contribution in [0.25, 0.3) is 10.8 Å². The summed E-state index contributed by atoms with van der Waals surface area (Å²) in [6.07, 6.45) is 3.47. The number of anilines is 2. The van der Waals surface area contributed by atoms with E-state index in [1.165, 1.54) is 0 Å². The molecule has 0 amide bonds. The van der Waals surface area contributed by atoms with Gasteiger partial charge in [0, 0.05) is 23.7 Å². The van der Waals surface area contributed by atoms with Crippen LogP contribution in [0.2, 0.25) is 0 Å². The van der Waals surface area contributed by atoms with E-state index >= 15 is 0 Å². The highest BCUT2D eigenvalue weighted by molar-refractivity contribution is 5.92. The first-order chi connectivity index (χ1) is 9.78. The standard InChI is InChI=1S/C14H15N5O/c1-20-11-2-3-12-9(6-11)4-5-16-14(12)17-7-10-8-18-19-13(10)15/h2-6,8H,7H2,1H3,(H,16,17)(H3,15,18,19). The second kappa shape index (κ2) is 5.08. The van der Waals surface area contributed by atoms with Gasteiger partial charge in [-0.15, -0.1) is 0 Å². The zero-order valence-corrected chi connectivity index (χ0v) is 11.1. The molecular weight excluding hydrogens is 254 g/mol. The maximum Gasteiger partial charge on any atom is 0.134 e. The molecule has 1 aromatic carbocycles. The molecule has 0 spiro atoms. The minimum atomic E-state index is 0.569. The van der Waals surface area contributed by atoms with Crippen LogP contribution in [0.3, 0.4) is 0 Å². The van der Waals surface area contributed by atoms with Gasteiger partial charge >= 0.3 is 0 Å². The van der Waals surface area contributed by atoms with Crippen molar-refractivity contribution in [1.29, 1.82) is 0 Å². The molecule has 102 valence electrons. The number of pyridine rings is 1. The summed E-state index contributed by atoms with van der Waals surface area (Å²) in [5.41, 5.74) is 6.67. The molecule has 0 aliphatic carbocycles. The number of nitrogens with two attached hydrogens (primary N) is 1. The predicted octanol–water partition coefficient (Wildman–Crippen LogP) is 2.16. The predicted molar refractivity (Wildman–Crippen MR) is 78.6 cm³/mol. The van der Waals surface area contributed by atoms with Crippen LogP contribution in [0.5, 0.6) is 5.75 Å². The first kappa shape index (κ1) is 12.3. The molecule has 6 nitrogen and oxygen atoms in total. The number of nitrogens with one attached hydrogen (secondary N) is 2. The van der Waals surface area contributed by atoms with Crippen molar-refractivity contribution in [2.75, 3.05) is 18.2 Å². The summed E-state index contributed by atoms with van der Waals surface area (Å²) in [7, 11) is 1.66. The molecule has 0 aliphatic rings. The van der Waals surface area contributed by atoms with Gasteiger partial charge in [-0.25, -0.2) is 4.98 Å². The minimum absolute atomic E-state index is 0.569. The number of H-pyrrole nitrogens is 1. The van der Waals surface area contributed by atoms with Gasteiger partial charge in [0.25, 0.3) is 0 Å². The van der Waals surface area contributed by atoms with E-state index in [1.54, 1.807) is 19.5 Å². The maximum atomic E-state index is 5.76. The Morgan fingerprint density at radius 2 is 2.25 bits per heavy atom. The Morgan fingerprint density at radius 1 is 1.35 bits per heavy atom. The third-order valence-corrected chi connectivity index (χ3v) is 3.17. The highest BCUT2D eigenvalue weighted by Gasteiger charge is 2.05. The molecule has 0 aliphatic heterocycles. The number of nitrogen functional groups attached to an aromatic ring is 1. The summed E-state index contributed by atoms with van der Waals surface area (Å²) < 4.78 is 5.23. The largest absolute Gasteiger partial charge is 0.497 e. The highest BCUT2D eigenvalue weighted by atomic mass is 16.5. The molecule has 2 aromatic heterocycles. The monoisotopic (exact) mass is 269 g/mol. The lowest BCUT2D eigenvalue weighted by Gasteiger charge is -2.09. The number of aromatic nitrogens is 3. The fourth-order valence-corrected chi connectivity index (χ4v) is 2.06. The smallest absolute Gasteiger partial charge is 0.134 e. The van der Waals surface area contributed by atoms with E-state index in [0.717, 1.165) is 27.9 Å². The van der Waals surface area contributed by atoms with Crippen molar-refractivity contribution < 1.29 is 4.74 Å². The number of nitrogens with zero attached hydrogens (tertiary/aromatic N) is 2. The number of rotatable bonds is 4. The third kappa shape index (κ3) is 2.23. The van der Waals surface area contributed by atoms with Crippen molar-refractivity contribution in [2.24, 2.45) is 0 Å². The van der Waals surface area contributed by atoms with Gasteiger partial charge in [-0.05, 0) is 29.7 Å². The van der Waals surface area contributed by atoms with Crippen LogP contribution in [-0.4, -0.2) is 22.3 Å². The zero-order chi connectivity index (χ0) is 13.9. The fourth-order valence-electron chi connectivity index (χ4n) is 2.06. The van der Waals surface area contributed by atoms with Crippen molar-refractivity contribution in [2.45, 2.75) is 6.54 Å². The van der Waals surface area contributed by atoms with Crippen LogP contribution in [0.4, 0.5) is 11.6 Å². The molecule has 2 heterocycles. The Labute approximate surface area is 116 Å². The molecule has 6 heteroatoms. The SMILES string of the molecule is COc1ccc2c(NCc3cn[nH]c3N)nccc2c1. The Kier molecular flexibility index (Phi) is 3.12. The van der Waals surface area contributed by atoms with Gasteiger partial charge in [-0.2, -0.15) is 5.10 Å². The first-order valence-corrected chi connectivity index (χ1v) is 6.22. The van der Waals surface area contributed by atoms with Crippen LogP contribution in [0.1, 0.15) is 5.56 Å². The molecule has 0 saturated carbocycles. The second-order valence-electron chi connectivity index (χ2n) is 4.41. The summed E-state index contributed by atoms with van der Waals surface area (Å²) in [5, 5.41) is 12.0. The average Bonchev–Trinajstić information content (AvgIpc) is 2.89. The van der Waals surface area contributed by atoms with Crippen molar-refractivity contribution in [3.8, 4) is 5.75 Å². The summed E-state index contributed by atoms with van der Waals surface area (Å²) in [6, 6.07) is 7.84. The second-order valence-corrected chi connectivity index (χ2v) is 4.41. The number of fused-ring (bicyclic) bond motifs is 1. The van der Waals surface area contributed by atoms with E-state index < -0.39 is 0 Å². The number of hydrogen-bond donors (Lipinski definition) is 3. The molecule has 4 N–H and O–H groups in total. The van der Waals surface area contributed by atoms with Gasteiger partial charge in [-0.3, -0.25) is 5.10 Å². The summed E-state index contributed by atoms with van der Waals surface area (Å²) in [4.78, 5) is 4.37. The van der Waals surface area contributed by atoms with E-state index in [0.29, 0.717) is 12.4 Å². The summed E-state index contributed by atoms with van der Waals surface area (Å²) in [5.74, 6) is 2.21. The van der Waals surface area contributed by atoms with Crippen LogP contribution < -0.4 is 15.8 Å². The zero-order valence-electron chi connectivity index (χ0n) is 11.1.